The monoisotopic (exact) mass is 458 g/mol. The van der Waals surface area contributed by atoms with Gasteiger partial charge < -0.3 is 9.64 Å². The molecule has 3 heterocycles. The molecule has 9 heteroatoms. The topological polar surface area (TPSA) is 96.1 Å². The molecule has 166 valence electrons. The number of aromatic nitrogens is 3. The summed E-state index contributed by atoms with van der Waals surface area (Å²) in [5, 5.41) is 18.4. The first-order valence-electron chi connectivity index (χ1n) is 10.6. The predicted molar refractivity (Wildman–Crippen MR) is 128 cm³/mol. The highest BCUT2D eigenvalue weighted by atomic mass is 32.1. The molecule has 8 nitrogen and oxygen atoms in total. The second-order valence-electron chi connectivity index (χ2n) is 7.95. The number of benzene rings is 2. The summed E-state index contributed by atoms with van der Waals surface area (Å²) < 4.78 is 7.15. The van der Waals surface area contributed by atoms with Gasteiger partial charge in [-0.3, -0.25) is 10.00 Å². The van der Waals surface area contributed by atoms with E-state index < -0.39 is 0 Å². The summed E-state index contributed by atoms with van der Waals surface area (Å²) in [7, 11) is 1.91. The van der Waals surface area contributed by atoms with Gasteiger partial charge in [-0.25, -0.2) is 9.78 Å². The Morgan fingerprint density at radius 1 is 1.21 bits per heavy atom. The number of rotatable bonds is 3. The molecule has 1 N–H and O–H groups in total. The summed E-state index contributed by atoms with van der Waals surface area (Å²) in [6.07, 6.45) is 1.99. The molecule has 2 amide bonds. The number of carbonyl (C=O) groups excluding carboxylic acids is 1. The molecular weight excluding hydrogens is 436 g/mol. The van der Waals surface area contributed by atoms with Crippen LogP contribution >= 0.6 is 11.3 Å². The van der Waals surface area contributed by atoms with Crippen LogP contribution in [0.2, 0.25) is 0 Å². The molecule has 0 radical (unpaired) electrons. The number of urea groups is 1. The second kappa shape index (κ2) is 8.65. The number of anilines is 1. The minimum Gasteiger partial charge on any atom is -0.378 e. The van der Waals surface area contributed by atoms with E-state index in [1.165, 1.54) is 11.3 Å². The number of amides is 2. The first kappa shape index (κ1) is 21.1. The predicted octanol–water partition coefficient (Wildman–Crippen LogP) is 4.41. The third-order valence-corrected chi connectivity index (χ3v) is 6.60. The Morgan fingerprint density at radius 2 is 2.03 bits per heavy atom. The minimum atomic E-state index is -0.185. The molecule has 0 atom stereocenters. The molecule has 1 saturated heterocycles. The molecule has 33 heavy (non-hydrogen) atoms. The van der Waals surface area contributed by atoms with E-state index in [1.807, 2.05) is 38.4 Å². The molecule has 5 rings (SSSR count). The number of aryl methyl sites for hydroxylation is 2. The van der Waals surface area contributed by atoms with Crippen molar-refractivity contribution in [3.05, 3.63) is 53.7 Å². The highest BCUT2D eigenvalue weighted by molar-refractivity contribution is 7.19. The van der Waals surface area contributed by atoms with Crippen LogP contribution in [-0.4, -0.2) is 52.0 Å². The van der Waals surface area contributed by atoms with Crippen molar-refractivity contribution in [2.24, 2.45) is 7.05 Å². The van der Waals surface area contributed by atoms with Crippen molar-refractivity contribution >= 4 is 33.4 Å². The van der Waals surface area contributed by atoms with Crippen LogP contribution < -0.4 is 5.32 Å². The largest absolute Gasteiger partial charge is 0.378 e. The van der Waals surface area contributed by atoms with Gasteiger partial charge >= 0.3 is 6.03 Å². The van der Waals surface area contributed by atoms with E-state index in [4.69, 9.17) is 9.72 Å². The normalized spacial score (nSPS) is 13.8. The van der Waals surface area contributed by atoms with Crippen LogP contribution in [-0.2, 0) is 11.8 Å². The summed E-state index contributed by atoms with van der Waals surface area (Å²) in [5.74, 6) is 0. The number of ether oxygens (including phenoxy) is 1. The number of nitrogens with zero attached hydrogens (tertiary/aromatic N) is 5. The molecule has 0 unspecified atom stereocenters. The fourth-order valence-corrected chi connectivity index (χ4v) is 4.96. The number of hydrogen-bond donors (Lipinski definition) is 1. The summed E-state index contributed by atoms with van der Waals surface area (Å²) in [6.45, 7) is 4.22. The maximum Gasteiger partial charge on any atom is 0.323 e. The van der Waals surface area contributed by atoms with Crippen LogP contribution in [0, 0.1) is 18.3 Å². The lowest BCUT2D eigenvalue weighted by Gasteiger charge is -2.26. The lowest BCUT2D eigenvalue weighted by atomic mass is 10.0. The highest BCUT2D eigenvalue weighted by Crippen LogP contribution is 2.40. The summed E-state index contributed by atoms with van der Waals surface area (Å²) in [5.41, 5.74) is 5.14. The SMILES string of the molecule is Cc1cc(-c2sc(NC(=O)N3CCOCC3)nc2-c2cccc(C#N)c2)cc2cn(C)nc12. The van der Waals surface area contributed by atoms with Gasteiger partial charge in [0.15, 0.2) is 5.13 Å². The fourth-order valence-electron chi connectivity index (χ4n) is 4.00. The molecule has 1 fully saturated rings. The van der Waals surface area contributed by atoms with Crippen molar-refractivity contribution in [2.75, 3.05) is 31.6 Å². The minimum absolute atomic E-state index is 0.185. The van der Waals surface area contributed by atoms with Crippen molar-refractivity contribution in [3.8, 4) is 27.8 Å². The molecule has 0 bridgehead atoms. The van der Waals surface area contributed by atoms with Crippen molar-refractivity contribution in [1.82, 2.24) is 19.7 Å². The lowest BCUT2D eigenvalue weighted by molar-refractivity contribution is 0.0564. The number of thiazole rings is 1. The van der Waals surface area contributed by atoms with Crippen LogP contribution in [0.15, 0.2) is 42.6 Å². The zero-order valence-electron chi connectivity index (χ0n) is 18.3. The Labute approximate surface area is 195 Å². The molecular formula is C24H22N6O2S. The summed E-state index contributed by atoms with van der Waals surface area (Å²) in [6, 6.07) is 13.6. The number of carbonyl (C=O) groups is 1. The van der Waals surface area contributed by atoms with Crippen LogP contribution in [0.4, 0.5) is 9.93 Å². The number of morpholine rings is 1. The Bertz CT molecular complexity index is 1390. The van der Waals surface area contributed by atoms with E-state index in [1.54, 1.807) is 15.6 Å². The quantitative estimate of drug-likeness (QED) is 0.491. The zero-order valence-corrected chi connectivity index (χ0v) is 19.1. The van der Waals surface area contributed by atoms with E-state index in [-0.39, 0.29) is 6.03 Å². The van der Waals surface area contributed by atoms with Gasteiger partial charge in [0, 0.05) is 37.3 Å². The van der Waals surface area contributed by atoms with Crippen molar-refractivity contribution in [2.45, 2.75) is 6.92 Å². The van der Waals surface area contributed by atoms with Crippen LogP contribution in [0.5, 0.6) is 0 Å². The van der Waals surface area contributed by atoms with Gasteiger partial charge in [0.05, 0.1) is 40.9 Å². The third-order valence-electron chi connectivity index (χ3n) is 5.58. The van der Waals surface area contributed by atoms with E-state index in [0.29, 0.717) is 37.0 Å². The van der Waals surface area contributed by atoms with Gasteiger partial charge in [0.25, 0.3) is 0 Å². The average molecular weight is 459 g/mol. The Hall–Kier alpha value is -3.74. The van der Waals surface area contributed by atoms with Gasteiger partial charge in [-0.15, -0.1) is 0 Å². The standard InChI is InChI=1S/C24H22N6O2S/c1-15-10-18(12-19-14-29(2)28-20(15)19)22-21(17-5-3-4-16(11-17)13-25)26-23(33-22)27-24(31)30-6-8-32-9-7-30/h3-5,10-12,14H,6-9H2,1-2H3,(H,26,27,31). The summed E-state index contributed by atoms with van der Waals surface area (Å²) >= 11 is 1.43. The molecule has 2 aromatic carbocycles. The average Bonchev–Trinajstić information content (AvgIpc) is 3.43. The van der Waals surface area contributed by atoms with Crippen molar-refractivity contribution < 1.29 is 9.53 Å². The highest BCUT2D eigenvalue weighted by Gasteiger charge is 2.21. The Kier molecular flexibility index (Phi) is 5.54. The van der Waals surface area contributed by atoms with Gasteiger partial charge in [-0.2, -0.15) is 10.4 Å². The molecule has 0 aliphatic carbocycles. The van der Waals surface area contributed by atoms with E-state index in [0.717, 1.165) is 38.2 Å². The Balaban J connectivity index is 1.59. The van der Waals surface area contributed by atoms with Gasteiger partial charge in [-0.05, 0) is 42.3 Å². The second-order valence-corrected chi connectivity index (χ2v) is 8.95. The first-order valence-corrected chi connectivity index (χ1v) is 11.4. The van der Waals surface area contributed by atoms with Gasteiger partial charge in [0.1, 0.15) is 0 Å². The zero-order chi connectivity index (χ0) is 22.9. The van der Waals surface area contributed by atoms with Gasteiger partial charge in [-0.1, -0.05) is 23.5 Å². The van der Waals surface area contributed by atoms with Crippen LogP contribution in [0.3, 0.4) is 0 Å². The van der Waals surface area contributed by atoms with Crippen LogP contribution in [0.1, 0.15) is 11.1 Å². The third kappa shape index (κ3) is 4.18. The molecule has 4 aromatic rings. The molecule has 1 aliphatic heterocycles. The molecule has 1 aliphatic rings. The maximum atomic E-state index is 12.8. The van der Waals surface area contributed by atoms with Gasteiger partial charge in [0.2, 0.25) is 0 Å². The fraction of sp³-hybridized carbons (Fsp3) is 0.250. The maximum absolute atomic E-state index is 12.8. The smallest absolute Gasteiger partial charge is 0.323 e. The van der Waals surface area contributed by atoms with Crippen molar-refractivity contribution in [3.63, 3.8) is 0 Å². The Morgan fingerprint density at radius 3 is 2.82 bits per heavy atom. The van der Waals surface area contributed by atoms with Crippen molar-refractivity contribution in [1.29, 1.82) is 5.26 Å². The first-order chi connectivity index (χ1) is 16.0. The lowest BCUT2D eigenvalue weighted by Crippen LogP contribution is -2.43. The number of nitrogens with one attached hydrogen (secondary N) is 1. The number of fused-ring (bicyclic) bond motifs is 1. The van der Waals surface area contributed by atoms with E-state index in [2.05, 4.69) is 28.6 Å². The molecule has 0 saturated carbocycles. The van der Waals surface area contributed by atoms with E-state index >= 15 is 0 Å². The number of nitriles is 1. The molecule has 2 aromatic heterocycles. The van der Waals surface area contributed by atoms with Crippen LogP contribution in [0.25, 0.3) is 32.6 Å². The van der Waals surface area contributed by atoms with E-state index in [9.17, 15) is 10.1 Å². The molecule has 0 spiro atoms. The summed E-state index contributed by atoms with van der Waals surface area (Å²) in [4.78, 5) is 20.2. The number of hydrogen-bond acceptors (Lipinski definition) is 6.